The van der Waals surface area contributed by atoms with E-state index in [2.05, 4.69) is 0 Å². The van der Waals surface area contributed by atoms with E-state index in [0.717, 1.165) is 6.54 Å². The van der Waals surface area contributed by atoms with Gasteiger partial charge in [-0.2, -0.15) is 0 Å². The van der Waals surface area contributed by atoms with Crippen molar-refractivity contribution in [3.8, 4) is 0 Å². The number of amides is 1. The van der Waals surface area contributed by atoms with Gasteiger partial charge in [0, 0.05) is 25.1 Å². The predicted molar refractivity (Wildman–Crippen MR) is 105 cm³/mol. The fourth-order valence-corrected chi connectivity index (χ4v) is 3.36. The number of hydrogen-bond donors (Lipinski definition) is 1. The van der Waals surface area contributed by atoms with Crippen molar-refractivity contribution in [3.63, 3.8) is 0 Å². The van der Waals surface area contributed by atoms with Crippen molar-refractivity contribution in [1.82, 2.24) is 9.80 Å². The second kappa shape index (κ2) is 8.97. The van der Waals surface area contributed by atoms with Gasteiger partial charge in [-0.3, -0.25) is 19.7 Å². The third-order valence-electron chi connectivity index (χ3n) is 4.60. The highest BCUT2D eigenvalue weighted by Gasteiger charge is 2.43. The molecule has 1 atom stereocenters. The minimum absolute atomic E-state index is 0.0315. The average Bonchev–Trinajstić information content (AvgIpc) is 2.86. The van der Waals surface area contributed by atoms with Crippen LogP contribution >= 0.6 is 0 Å². The molecule has 8 nitrogen and oxygen atoms in total. The van der Waals surface area contributed by atoms with Crippen LogP contribution in [0.25, 0.3) is 0 Å². The summed E-state index contributed by atoms with van der Waals surface area (Å²) >= 11 is 0. The van der Waals surface area contributed by atoms with Crippen LogP contribution in [-0.2, 0) is 9.59 Å². The predicted octanol–water partition coefficient (Wildman–Crippen LogP) is 2.86. The number of benzene rings is 1. The number of carbonyl (C=O) groups excluding carboxylic acids is 2. The Kier molecular flexibility index (Phi) is 6.90. The Morgan fingerprint density at radius 1 is 1.36 bits per heavy atom. The number of aliphatic hydroxyl groups is 1. The molecule has 1 aromatic rings. The number of nitrogens with zero attached hydrogens (tertiary/aromatic N) is 3. The smallest absolute Gasteiger partial charge is 0.290 e. The van der Waals surface area contributed by atoms with Gasteiger partial charge in [0.2, 0.25) is 0 Å². The number of non-ortho nitro benzene ring substituents is 1. The lowest BCUT2D eigenvalue weighted by Crippen LogP contribution is -2.33. The van der Waals surface area contributed by atoms with E-state index in [1.54, 1.807) is 6.07 Å². The van der Waals surface area contributed by atoms with E-state index in [4.69, 9.17) is 0 Å². The SMILES string of the molecule is CC(C)CC(=O)C1=C(O)C(=O)N(CCCN(C)C)C1c1cccc([N+](=O)[O-])c1. The topological polar surface area (TPSA) is 104 Å². The molecule has 1 aromatic carbocycles. The molecule has 0 saturated heterocycles. The molecule has 0 fully saturated rings. The van der Waals surface area contributed by atoms with Gasteiger partial charge in [-0.15, -0.1) is 0 Å². The molecule has 0 radical (unpaired) electrons. The Hall–Kier alpha value is -2.74. The maximum Gasteiger partial charge on any atom is 0.290 e. The number of Topliss-reactive ketones (excluding diaryl/α,β-unsaturated/α-hetero) is 1. The van der Waals surface area contributed by atoms with Crippen molar-refractivity contribution >= 4 is 17.4 Å². The fourth-order valence-electron chi connectivity index (χ4n) is 3.36. The van der Waals surface area contributed by atoms with Gasteiger partial charge < -0.3 is 14.9 Å². The minimum atomic E-state index is -0.819. The third kappa shape index (κ3) is 4.75. The molecule has 2 rings (SSSR count). The van der Waals surface area contributed by atoms with Crippen LogP contribution in [0.4, 0.5) is 5.69 Å². The normalized spacial score (nSPS) is 17.1. The van der Waals surface area contributed by atoms with Crippen molar-refractivity contribution in [3.05, 3.63) is 51.3 Å². The Labute approximate surface area is 164 Å². The summed E-state index contributed by atoms with van der Waals surface area (Å²) in [5, 5.41) is 21.6. The Morgan fingerprint density at radius 3 is 2.61 bits per heavy atom. The molecule has 0 saturated carbocycles. The molecule has 28 heavy (non-hydrogen) atoms. The summed E-state index contributed by atoms with van der Waals surface area (Å²) in [6, 6.07) is 5.07. The van der Waals surface area contributed by atoms with Gasteiger partial charge in [-0.05, 0) is 38.5 Å². The van der Waals surface area contributed by atoms with Gasteiger partial charge in [0.15, 0.2) is 11.5 Å². The second-order valence-electron chi connectivity index (χ2n) is 7.69. The Balaban J connectivity index is 2.46. The van der Waals surface area contributed by atoms with Crippen LogP contribution in [0.3, 0.4) is 0 Å². The van der Waals surface area contributed by atoms with Gasteiger partial charge in [0.05, 0.1) is 16.5 Å². The lowest BCUT2D eigenvalue weighted by molar-refractivity contribution is -0.384. The van der Waals surface area contributed by atoms with Crippen molar-refractivity contribution in [2.24, 2.45) is 5.92 Å². The van der Waals surface area contributed by atoms with Gasteiger partial charge in [-0.25, -0.2) is 0 Å². The maximum absolute atomic E-state index is 12.8. The molecule has 0 bridgehead atoms. The third-order valence-corrected chi connectivity index (χ3v) is 4.60. The van der Waals surface area contributed by atoms with Crippen molar-refractivity contribution < 1.29 is 19.6 Å². The summed E-state index contributed by atoms with van der Waals surface area (Å²) < 4.78 is 0. The molecule has 1 N–H and O–H groups in total. The number of nitro benzene ring substituents is 1. The lowest BCUT2D eigenvalue weighted by atomic mass is 9.92. The number of carbonyl (C=O) groups is 2. The van der Waals surface area contributed by atoms with E-state index in [0.29, 0.717) is 18.5 Å². The Bertz CT molecular complexity index is 801. The van der Waals surface area contributed by atoms with Crippen LogP contribution in [0, 0.1) is 16.0 Å². The molecule has 1 aliphatic heterocycles. The van der Waals surface area contributed by atoms with E-state index in [1.807, 2.05) is 32.8 Å². The zero-order chi connectivity index (χ0) is 21.0. The van der Waals surface area contributed by atoms with Crippen molar-refractivity contribution in [1.29, 1.82) is 0 Å². The zero-order valence-electron chi connectivity index (χ0n) is 16.7. The number of rotatable bonds is 9. The van der Waals surface area contributed by atoms with Crippen molar-refractivity contribution in [2.45, 2.75) is 32.7 Å². The largest absolute Gasteiger partial charge is 0.503 e. The van der Waals surface area contributed by atoms with Gasteiger partial charge >= 0.3 is 0 Å². The first kappa shape index (κ1) is 21.6. The molecule has 1 heterocycles. The molecule has 8 heteroatoms. The molecule has 1 aliphatic rings. The highest BCUT2D eigenvalue weighted by atomic mass is 16.6. The molecule has 0 aromatic heterocycles. The van der Waals surface area contributed by atoms with Crippen molar-refractivity contribution in [2.75, 3.05) is 27.2 Å². The van der Waals surface area contributed by atoms with E-state index < -0.39 is 22.6 Å². The highest BCUT2D eigenvalue weighted by Crippen LogP contribution is 2.39. The molecular formula is C20H27N3O5. The summed E-state index contributed by atoms with van der Waals surface area (Å²) in [6.07, 6.45) is 0.826. The zero-order valence-corrected chi connectivity index (χ0v) is 16.7. The van der Waals surface area contributed by atoms with Crippen LogP contribution in [0.5, 0.6) is 0 Å². The molecule has 1 unspecified atom stereocenters. The van der Waals surface area contributed by atoms with E-state index >= 15 is 0 Å². The maximum atomic E-state index is 12.8. The van der Waals surface area contributed by atoms with Crippen LogP contribution in [-0.4, -0.2) is 58.7 Å². The van der Waals surface area contributed by atoms with Crippen LogP contribution < -0.4 is 0 Å². The summed E-state index contributed by atoms with van der Waals surface area (Å²) in [5.41, 5.74) is 0.354. The fraction of sp³-hybridized carbons (Fsp3) is 0.500. The number of hydrogen-bond acceptors (Lipinski definition) is 6. The lowest BCUT2D eigenvalue weighted by Gasteiger charge is -2.27. The first-order valence-electron chi connectivity index (χ1n) is 9.29. The molecular weight excluding hydrogens is 362 g/mol. The van der Waals surface area contributed by atoms with Gasteiger partial charge in [-0.1, -0.05) is 26.0 Å². The van der Waals surface area contributed by atoms with Gasteiger partial charge in [0.1, 0.15) is 0 Å². The summed E-state index contributed by atoms with van der Waals surface area (Å²) in [6.45, 7) is 4.81. The van der Waals surface area contributed by atoms with E-state index in [1.165, 1.54) is 23.1 Å². The van der Waals surface area contributed by atoms with Crippen LogP contribution in [0.2, 0.25) is 0 Å². The van der Waals surface area contributed by atoms with Gasteiger partial charge in [0.25, 0.3) is 11.6 Å². The number of aliphatic hydroxyl groups excluding tert-OH is 1. The van der Waals surface area contributed by atoms with Crippen LogP contribution in [0.1, 0.15) is 38.3 Å². The number of ketones is 1. The average molecular weight is 389 g/mol. The highest BCUT2D eigenvalue weighted by molar-refractivity contribution is 6.09. The number of nitro groups is 1. The first-order chi connectivity index (χ1) is 13.1. The van der Waals surface area contributed by atoms with E-state index in [9.17, 15) is 24.8 Å². The minimum Gasteiger partial charge on any atom is -0.503 e. The summed E-state index contributed by atoms with van der Waals surface area (Å²) in [4.78, 5) is 39.6. The molecule has 1 amide bonds. The van der Waals surface area contributed by atoms with Crippen LogP contribution in [0.15, 0.2) is 35.6 Å². The first-order valence-corrected chi connectivity index (χ1v) is 9.29. The Morgan fingerprint density at radius 2 is 2.04 bits per heavy atom. The second-order valence-corrected chi connectivity index (χ2v) is 7.69. The molecule has 152 valence electrons. The molecule has 0 aliphatic carbocycles. The molecule has 0 spiro atoms. The summed E-state index contributed by atoms with van der Waals surface area (Å²) in [7, 11) is 3.83. The van der Waals surface area contributed by atoms with E-state index in [-0.39, 0.29) is 29.4 Å². The quantitative estimate of drug-likeness (QED) is 0.514. The summed E-state index contributed by atoms with van der Waals surface area (Å²) in [5.74, 6) is -1.42. The monoisotopic (exact) mass is 389 g/mol. The standard InChI is InChI=1S/C20H27N3O5/c1-13(2)11-16(24)17-18(14-7-5-8-15(12-14)23(27)28)22(20(26)19(17)25)10-6-9-21(3)4/h5,7-8,12-13,18,25H,6,9-11H2,1-4H3.